The van der Waals surface area contributed by atoms with Gasteiger partial charge >= 0.3 is 0 Å². The molecule has 2 heteroatoms. The average Bonchev–Trinajstić information content (AvgIpc) is 2.50. The molecule has 2 aromatic rings. The molecule has 1 nitrogen and oxygen atoms in total. The van der Waals surface area contributed by atoms with Crippen molar-refractivity contribution in [1.82, 2.24) is 0 Å². The molecule has 0 bridgehead atoms. The van der Waals surface area contributed by atoms with Gasteiger partial charge in [-0.05, 0) is 72.4 Å². The number of nitrogens with zero attached hydrogens (tertiary/aromatic N) is 1. The monoisotopic (exact) mass is 443 g/mol. The van der Waals surface area contributed by atoms with E-state index in [4.69, 9.17) is 4.99 Å². The Morgan fingerprint density at radius 2 is 1.52 bits per heavy atom. The summed E-state index contributed by atoms with van der Waals surface area (Å²) in [6.07, 6.45) is 1.000. The third kappa shape index (κ3) is 6.66. The first-order valence-electron chi connectivity index (χ1n) is 8.58. The molecule has 0 aliphatic carbocycles. The fraction of sp³-hybridized carbons (Fsp3) is 0.348. The van der Waals surface area contributed by atoms with E-state index in [1.165, 1.54) is 3.57 Å². The van der Waals surface area contributed by atoms with E-state index in [0.29, 0.717) is 0 Å². The minimum absolute atomic E-state index is 0.169. The Hall–Kier alpha value is -1.60. The summed E-state index contributed by atoms with van der Waals surface area (Å²) in [4.78, 5) is 5.08. The lowest BCUT2D eigenvalue weighted by Gasteiger charge is -2.29. The van der Waals surface area contributed by atoms with Gasteiger partial charge in [-0.2, -0.15) is 0 Å². The van der Waals surface area contributed by atoms with Gasteiger partial charge in [0.1, 0.15) is 5.71 Å². The zero-order chi connectivity index (χ0) is 18.5. The summed E-state index contributed by atoms with van der Waals surface area (Å²) in [5.74, 6) is 6.60. The van der Waals surface area contributed by atoms with Gasteiger partial charge in [-0.25, -0.2) is 0 Å². The Morgan fingerprint density at radius 1 is 0.920 bits per heavy atom. The van der Waals surface area contributed by atoms with Gasteiger partial charge in [-0.1, -0.05) is 63.1 Å². The van der Waals surface area contributed by atoms with E-state index in [1.54, 1.807) is 0 Å². The zero-order valence-corrected chi connectivity index (χ0v) is 17.9. The molecule has 0 N–H and O–H groups in total. The minimum Gasteiger partial charge on any atom is -0.270 e. The second-order valence-electron chi connectivity index (χ2n) is 8.11. The van der Waals surface area contributed by atoms with E-state index >= 15 is 0 Å². The van der Waals surface area contributed by atoms with Crippen LogP contribution in [0.1, 0.15) is 52.2 Å². The van der Waals surface area contributed by atoms with Crippen molar-refractivity contribution in [2.75, 3.05) is 0 Å². The van der Waals surface area contributed by atoms with Crippen LogP contribution in [-0.2, 0) is 0 Å². The molecule has 0 aliphatic rings. The number of aliphatic imine (C=N–C) groups is 1. The van der Waals surface area contributed by atoms with Crippen LogP contribution in [0.15, 0.2) is 59.6 Å². The maximum absolute atomic E-state index is 5.08. The van der Waals surface area contributed by atoms with Crippen LogP contribution in [0.5, 0.6) is 0 Å². The molecule has 0 radical (unpaired) electrons. The summed E-state index contributed by atoms with van der Waals surface area (Å²) in [5, 5.41) is 0. The smallest absolute Gasteiger partial charge is 0.116 e. The molecule has 0 saturated carbocycles. The number of hydrogen-bond acceptors (Lipinski definition) is 1. The molecule has 0 aromatic heterocycles. The second-order valence-corrected chi connectivity index (χ2v) is 9.27. The van der Waals surface area contributed by atoms with E-state index < -0.39 is 0 Å². The summed E-state index contributed by atoms with van der Waals surface area (Å²) in [6.45, 7) is 11.2. The van der Waals surface area contributed by atoms with Gasteiger partial charge in [0.25, 0.3) is 0 Å². The first-order chi connectivity index (χ1) is 11.7. The third-order valence-corrected chi connectivity index (χ3v) is 4.55. The SMILES string of the molecule is CC(C)(C)CC(C)(C)N=C(C#Cc1ccccc1)c1ccccc1I. The molecular weight excluding hydrogens is 417 g/mol. The highest BCUT2D eigenvalue weighted by molar-refractivity contribution is 14.1. The van der Waals surface area contributed by atoms with Gasteiger partial charge in [-0.15, -0.1) is 0 Å². The lowest BCUT2D eigenvalue weighted by atomic mass is 9.82. The maximum atomic E-state index is 5.08. The molecule has 0 saturated heterocycles. The molecule has 130 valence electrons. The molecule has 0 heterocycles. The van der Waals surface area contributed by atoms with Crippen molar-refractivity contribution < 1.29 is 0 Å². The number of halogens is 1. The second kappa shape index (κ2) is 8.19. The number of rotatable bonds is 3. The fourth-order valence-electron chi connectivity index (χ4n) is 3.10. The molecule has 0 amide bonds. The summed E-state index contributed by atoms with van der Waals surface area (Å²) >= 11 is 2.36. The number of hydrogen-bond donors (Lipinski definition) is 0. The van der Waals surface area contributed by atoms with Crippen molar-refractivity contribution in [1.29, 1.82) is 0 Å². The van der Waals surface area contributed by atoms with Crippen LogP contribution >= 0.6 is 22.6 Å². The van der Waals surface area contributed by atoms with Crippen LogP contribution in [0.2, 0.25) is 0 Å². The molecular formula is C23H26IN. The first kappa shape index (κ1) is 19.7. The molecule has 0 unspecified atom stereocenters. The van der Waals surface area contributed by atoms with Crippen molar-refractivity contribution in [3.63, 3.8) is 0 Å². The highest BCUT2D eigenvalue weighted by atomic mass is 127. The van der Waals surface area contributed by atoms with Crippen LogP contribution in [0.3, 0.4) is 0 Å². The highest BCUT2D eigenvalue weighted by Gasteiger charge is 2.25. The lowest BCUT2D eigenvalue weighted by Crippen LogP contribution is -2.26. The van der Waals surface area contributed by atoms with Crippen molar-refractivity contribution in [3.8, 4) is 11.8 Å². The normalized spacial score (nSPS) is 12.5. The number of benzene rings is 2. The summed E-state index contributed by atoms with van der Waals surface area (Å²) in [7, 11) is 0. The maximum Gasteiger partial charge on any atom is 0.116 e. The van der Waals surface area contributed by atoms with Gasteiger partial charge in [0.2, 0.25) is 0 Å². The van der Waals surface area contributed by atoms with Crippen molar-refractivity contribution in [2.45, 2.75) is 46.6 Å². The van der Waals surface area contributed by atoms with Gasteiger partial charge < -0.3 is 0 Å². The largest absolute Gasteiger partial charge is 0.270 e. The molecule has 25 heavy (non-hydrogen) atoms. The fourth-order valence-corrected chi connectivity index (χ4v) is 3.74. The predicted molar refractivity (Wildman–Crippen MR) is 117 cm³/mol. The minimum atomic E-state index is -0.169. The van der Waals surface area contributed by atoms with E-state index in [0.717, 1.165) is 23.3 Å². The summed E-state index contributed by atoms with van der Waals surface area (Å²) in [6, 6.07) is 18.4. The van der Waals surface area contributed by atoms with E-state index in [1.807, 2.05) is 42.5 Å². The van der Waals surface area contributed by atoms with Gasteiger partial charge in [0.15, 0.2) is 0 Å². The van der Waals surface area contributed by atoms with Gasteiger partial charge in [0, 0.05) is 14.7 Å². The standard InChI is InChI=1S/C23H26IN/c1-22(2,3)17-23(4,5)25-21(19-13-9-10-14-20(19)24)16-15-18-11-7-6-8-12-18/h6-14H,17H2,1-5H3. The molecule has 2 aromatic carbocycles. The Labute approximate surface area is 166 Å². The van der Waals surface area contributed by atoms with Crippen molar-refractivity contribution >= 4 is 28.3 Å². The third-order valence-electron chi connectivity index (χ3n) is 3.61. The summed E-state index contributed by atoms with van der Waals surface area (Å²) in [5.41, 5.74) is 3.03. The Kier molecular flexibility index (Phi) is 6.46. The molecule has 2 rings (SSSR count). The van der Waals surface area contributed by atoms with Crippen LogP contribution in [-0.4, -0.2) is 11.3 Å². The average molecular weight is 443 g/mol. The topological polar surface area (TPSA) is 12.4 Å². The van der Waals surface area contributed by atoms with Crippen LogP contribution in [0, 0.1) is 20.8 Å². The molecule has 0 fully saturated rings. The van der Waals surface area contributed by atoms with Crippen LogP contribution in [0.25, 0.3) is 0 Å². The van der Waals surface area contributed by atoms with E-state index in [-0.39, 0.29) is 11.0 Å². The Morgan fingerprint density at radius 3 is 2.12 bits per heavy atom. The first-order valence-corrected chi connectivity index (χ1v) is 9.66. The van der Waals surface area contributed by atoms with Crippen molar-refractivity contribution in [2.24, 2.45) is 10.4 Å². The Bertz CT molecular complexity index is 799. The summed E-state index contributed by atoms with van der Waals surface area (Å²) < 4.78 is 1.17. The van der Waals surface area contributed by atoms with Crippen LogP contribution < -0.4 is 0 Å². The lowest BCUT2D eigenvalue weighted by molar-refractivity contribution is 0.288. The quantitative estimate of drug-likeness (QED) is 0.298. The molecule has 0 aliphatic heterocycles. The Balaban J connectivity index is 2.48. The highest BCUT2D eigenvalue weighted by Crippen LogP contribution is 2.30. The van der Waals surface area contributed by atoms with E-state index in [2.05, 4.69) is 81.2 Å². The molecule has 0 atom stereocenters. The predicted octanol–water partition coefficient (Wildman–Crippen LogP) is 6.35. The molecule has 0 spiro atoms. The van der Waals surface area contributed by atoms with Crippen LogP contribution in [0.4, 0.5) is 0 Å². The van der Waals surface area contributed by atoms with Crippen molar-refractivity contribution in [3.05, 3.63) is 69.3 Å². The zero-order valence-electron chi connectivity index (χ0n) is 15.7. The van der Waals surface area contributed by atoms with Gasteiger partial charge in [0.05, 0.1) is 5.54 Å². The van der Waals surface area contributed by atoms with E-state index in [9.17, 15) is 0 Å². The van der Waals surface area contributed by atoms with Gasteiger partial charge in [-0.3, -0.25) is 4.99 Å².